The number of amides is 2. The van der Waals surface area contributed by atoms with Crippen LogP contribution in [-0.2, 0) is 27.4 Å². The Morgan fingerprint density at radius 3 is 2.70 bits per heavy atom. The van der Waals surface area contributed by atoms with Crippen molar-refractivity contribution < 1.29 is 19.1 Å². The van der Waals surface area contributed by atoms with Crippen LogP contribution in [0.5, 0.6) is 0 Å². The first-order valence-corrected chi connectivity index (χ1v) is 13.0. The molecule has 0 aromatic heterocycles. The summed E-state index contributed by atoms with van der Waals surface area (Å²) in [5.74, 6) is -0.187. The highest BCUT2D eigenvalue weighted by molar-refractivity contribution is 6.33. The van der Waals surface area contributed by atoms with Crippen molar-refractivity contribution in [3.8, 4) is 0 Å². The van der Waals surface area contributed by atoms with Crippen LogP contribution in [0, 0.1) is 0 Å². The number of rotatable bonds is 7. The van der Waals surface area contributed by atoms with Crippen molar-refractivity contribution in [2.45, 2.75) is 38.4 Å². The molecule has 37 heavy (non-hydrogen) atoms. The number of halogens is 1. The predicted octanol–water partition coefficient (Wildman–Crippen LogP) is 3.54. The van der Waals surface area contributed by atoms with E-state index >= 15 is 0 Å². The maximum absolute atomic E-state index is 12.9. The second-order valence-corrected chi connectivity index (χ2v) is 10.2. The lowest BCUT2D eigenvalue weighted by molar-refractivity contribution is -0.124. The van der Waals surface area contributed by atoms with Crippen molar-refractivity contribution in [2.75, 3.05) is 43.1 Å². The summed E-state index contributed by atoms with van der Waals surface area (Å²) in [5, 5.41) is 6.67. The summed E-state index contributed by atoms with van der Waals surface area (Å²) in [6, 6.07) is 10.9. The molecule has 3 aliphatic rings. The highest BCUT2D eigenvalue weighted by atomic mass is 35.5. The van der Waals surface area contributed by atoms with E-state index in [9.17, 15) is 14.4 Å². The maximum Gasteiger partial charge on any atom is 0.255 e. The lowest BCUT2D eigenvalue weighted by Gasteiger charge is -2.30. The van der Waals surface area contributed by atoms with Crippen LogP contribution in [0.3, 0.4) is 0 Å². The molecular formula is C28H31ClN4O4. The first kappa shape index (κ1) is 25.3. The van der Waals surface area contributed by atoms with Gasteiger partial charge in [-0.25, -0.2) is 0 Å². The summed E-state index contributed by atoms with van der Waals surface area (Å²) in [5.41, 5.74) is 5.10. The Labute approximate surface area is 221 Å². The van der Waals surface area contributed by atoms with Crippen LogP contribution < -0.4 is 15.5 Å². The minimum atomic E-state index is -0.379. The zero-order valence-corrected chi connectivity index (χ0v) is 21.5. The molecular weight excluding hydrogens is 492 g/mol. The van der Waals surface area contributed by atoms with Crippen molar-refractivity contribution >= 4 is 40.6 Å². The van der Waals surface area contributed by atoms with Gasteiger partial charge >= 0.3 is 0 Å². The monoisotopic (exact) mass is 522 g/mol. The van der Waals surface area contributed by atoms with E-state index in [-0.39, 0.29) is 30.2 Å². The second-order valence-electron chi connectivity index (χ2n) is 9.77. The van der Waals surface area contributed by atoms with Gasteiger partial charge in [0.05, 0.1) is 36.5 Å². The first-order chi connectivity index (χ1) is 17.9. The number of morpholine rings is 1. The minimum Gasteiger partial charge on any atom is -0.378 e. The Kier molecular flexibility index (Phi) is 7.48. The number of fused-ring (bicyclic) bond motifs is 1. The van der Waals surface area contributed by atoms with E-state index in [0.717, 1.165) is 47.6 Å². The molecule has 2 aliphatic heterocycles. The van der Waals surface area contributed by atoms with Crippen LogP contribution in [0.1, 0.15) is 40.7 Å². The molecule has 1 saturated heterocycles. The SMILES string of the molecule is C=C1CCC(N2Cc3cc(CNC(=O)CNc4ccc(N5CCOCC5)c(Cl)c4)ccc3C2=O)C(=O)C1. The number of carbonyl (C=O) groups excluding carboxylic acids is 3. The van der Waals surface area contributed by atoms with Gasteiger partial charge in [-0.3, -0.25) is 14.4 Å². The number of carbonyl (C=O) groups is 3. The molecule has 5 rings (SSSR count). The fourth-order valence-electron chi connectivity index (χ4n) is 5.17. The molecule has 2 heterocycles. The number of allylic oxidation sites excluding steroid dienone is 1. The normalized spacial score (nSPS) is 19.7. The van der Waals surface area contributed by atoms with Crippen LogP contribution in [0.2, 0.25) is 5.02 Å². The Hall–Kier alpha value is -3.36. The maximum atomic E-state index is 12.9. The molecule has 2 aromatic carbocycles. The number of hydrogen-bond acceptors (Lipinski definition) is 6. The second kappa shape index (κ2) is 10.9. The molecule has 2 N–H and O–H groups in total. The molecule has 0 radical (unpaired) electrons. The lowest BCUT2D eigenvalue weighted by atomic mass is 9.90. The lowest BCUT2D eigenvalue weighted by Crippen LogP contribution is -2.43. The van der Waals surface area contributed by atoms with Gasteiger partial charge in [0, 0.05) is 43.9 Å². The first-order valence-electron chi connectivity index (χ1n) is 12.6. The molecule has 2 amide bonds. The van der Waals surface area contributed by atoms with Crippen molar-refractivity contribution in [3.05, 3.63) is 70.3 Å². The van der Waals surface area contributed by atoms with Crippen LogP contribution in [0.15, 0.2) is 48.6 Å². The topological polar surface area (TPSA) is 91.0 Å². The Balaban J connectivity index is 1.12. The Morgan fingerprint density at radius 1 is 1.14 bits per heavy atom. The van der Waals surface area contributed by atoms with E-state index in [4.69, 9.17) is 16.3 Å². The number of Topliss-reactive ketones (excluding diaryl/α,β-unsaturated/α-hetero) is 1. The molecule has 8 nitrogen and oxygen atoms in total. The third-order valence-electron chi connectivity index (χ3n) is 7.19. The summed E-state index contributed by atoms with van der Waals surface area (Å²) in [6.45, 7) is 7.77. The quantitative estimate of drug-likeness (QED) is 0.541. The van der Waals surface area contributed by atoms with E-state index in [1.54, 1.807) is 11.0 Å². The van der Waals surface area contributed by atoms with Gasteiger partial charge in [-0.15, -0.1) is 0 Å². The van der Waals surface area contributed by atoms with Gasteiger partial charge in [0.15, 0.2) is 5.78 Å². The van der Waals surface area contributed by atoms with Crippen molar-refractivity contribution in [2.24, 2.45) is 0 Å². The summed E-state index contributed by atoms with van der Waals surface area (Å²) < 4.78 is 5.39. The number of hydrogen-bond donors (Lipinski definition) is 2. The minimum absolute atomic E-state index is 0.0643. The van der Waals surface area contributed by atoms with Gasteiger partial charge in [0.2, 0.25) is 5.91 Å². The van der Waals surface area contributed by atoms with Gasteiger partial charge in [0.1, 0.15) is 0 Å². The van der Waals surface area contributed by atoms with Gasteiger partial charge < -0.3 is 25.2 Å². The van der Waals surface area contributed by atoms with Crippen LogP contribution >= 0.6 is 11.6 Å². The fourth-order valence-corrected chi connectivity index (χ4v) is 5.47. The summed E-state index contributed by atoms with van der Waals surface area (Å²) >= 11 is 6.48. The molecule has 1 unspecified atom stereocenters. The van der Waals surface area contributed by atoms with E-state index in [1.165, 1.54) is 0 Å². The van der Waals surface area contributed by atoms with Crippen molar-refractivity contribution in [1.82, 2.24) is 10.2 Å². The van der Waals surface area contributed by atoms with Gasteiger partial charge in [-0.05, 0) is 48.2 Å². The summed E-state index contributed by atoms with van der Waals surface area (Å²) in [4.78, 5) is 41.7. The zero-order chi connectivity index (χ0) is 25.9. The Bertz CT molecular complexity index is 1240. The van der Waals surface area contributed by atoms with Crippen molar-refractivity contribution in [3.63, 3.8) is 0 Å². The van der Waals surface area contributed by atoms with Crippen LogP contribution in [-0.4, -0.2) is 61.4 Å². The smallest absolute Gasteiger partial charge is 0.255 e. The molecule has 1 aliphatic carbocycles. The number of ether oxygens (including phenoxy) is 1. The molecule has 0 spiro atoms. The summed E-state index contributed by atoms with van der Waals surface area (Å²) in [6.07, 6.45) is 1.75. The molecule has 194 valence electrons. The van der Waals surface area contributed by atoms with Gasteiger partial charge in [0.25, 0.3) is 5.91 Å². The zero-order valence-electron chi connectivity index (χ0n) is 20.7. The van der Waals surface area contributed by atoms with Crippen LogP contribution in [0.4, 0.5) is 11.4 Å². The fraction of sp³-hybridized carbons (Fsp3) is 0.393. The number of nitrogens with one attached hydrogen (secondary N) is 2. The largest absolute Gasteiger partial charge is 0.378 e. The van der Waals surface area contributed by atoms with E-state index in [0.29, 0.717) is 49.7 Å². The van der Waals surface area contributed by atoms with E-state index < -0.39 is 0 Å². The Morgan fingerprint density at radius 2 is 1.95 bits per heavy atom. The number of anilines is 2. The van der Waals surface area contributed by atoms with Gasteiger partial charge in [-0.2, -0.15) is 0 Å². The van der Waals surface area contributed by atoms with Crippen molar-refractivity contribution in [1.29, 1.82) is 0 Å². The molecule has 1 atom stereocenters. The molecule has 9 heteroatoms. The third kappa shape index (κ3) is 5.65. The molecule has 0 bridgehead atoms. The number of benzene rings is 2. The number of ketones is 1. The predicted molar refractivity (Wildman–Crippen MR) is 143 cm³/mol. The van der Waals surface area contributed by atoms with E-state index in [2.05, 4.69) is 22.1 Å². The average Bonchev–Trinajstić information content (AvgIpc) is 3.22. The van der Waals surface area contributed by atoms with Gasteiger partial charge in [-0.1, -0.05) is 35.9 Å². The molecule has 2 fully saturated rings. The average molecular weight is 523 g/mol. The molecule has 1 saturated carbocycles. The highest BCUT2D eigenvalue weighted by Crippen LogP contribution is 2.32. The van der Waals surface area contributed by atoms with Crippen LogP contribution in [0.25, 0.3) is 0 Å². The van der Waals surface area contributed by atoms with E-state index in [1.807, 2.05) is 30.3 Å². The number of nitrogens with zero attached hydrogens (tertiary/aromatic N) is 2. The standard InChI is InChI=1S/C28H31ClN4O4/c1-18-2-6-25(26(34)12-18)33-17-20-13-19(3-5-22(20)28(33)36)15-31-27(35)16-30-21-4-7-24(23(29)14-21)32-8-10-37-11-9-32/h3-5,7,13-14,25,30H,1-2,6,8-12,15-17H2,(H,31,35). The summed E-state index contributed by atoms with van der Waals surface area (Å²) in [7, 11) is 0. The highest BCUT2D eigenvalue weighted by Gasteiger charge is 2.37. The molecule has 2 aromatic rings. The third-order valence-corrected chi connectivity index (χ3v) is 7.49.